The first-order chi connectivity index (χ1) is 7.18. The zero-order chi connectivity index (χ0) is 11.1. The van der Waals surface area contributed by atoms with Crippen LogP contribution in [-0.4, -0.2) is 11.7 Å². The minimum absolute atomic E-state index is 0.245. The normalized spacial score (nSPS) is 9.67. The molecule has 0 spiro atoms. The van der Waals surface area contributed by atoms with E-state index in [1.165, 1.54) is 0 Å². The van der Waals surface area contributed by atoms with Gasteiger partial charge >= 0.3 is 5.97 Å². The van der Waals surface area contributed by atoms with E-state index >= 15 is 0 Å². The summed E-state index contributed by atoms with van der Waals surface area (Å²) in [6.07, 6.45) is 0.774. The zero-order valence-electron chi connectivity index (χ0n) is 8.82. The Morgan fingerprint density at radius 1 is 1.27 bits per heavy atom. The molecule has 1 aromatic carbocycles. The second-order valence-corrected chi connectivity index (χ2v) is 3.43. The van der Waals surface area contributed by atoms with Crippen molar-refractivity contribution in [1.82, 2.24) is 0 Å². The summed E-state index contributed by atoms with van der Waals surface area (Å²) in [5, 5.41) is 7.18. The van der Waals surface area contributed by atoms with Crippen LogP contribution in [0.1, 0.15) is 25.3 Å². The van der Waals surface area contributed by atoms with Crippen LogP contribution in [0.25, 0.3) is 0 Å². The van der Waals surface area contributed by atoms with Crippen molar-refractivity contribution in [2.24, 2.45) is 0 Å². The summed E-state index contributed by atoms with van der Waals surface area (Å²) in [4.78, 5) is 11.2. The minimum atomic E-state index is -0.245. The Bertz CT molecular complexity index is 333. The third-order valence-electron chi connectivity index (χ3n) is 1.95. The van der Waals surface area contributed by atoms with Gasteiger partial charge in [-0.05, 0) is 18.9 Å². The Labute approximate surface area is 89.6 Å². The standard InChI is InChI=1S/C12H15NO2/c1-10(13)7-8-12(14)15-9-11-5-3-2-4-6-11/h2-6,13H,7-9H2,1H3. The number of ether oxygens (including phenoxy) is 1. The molecule has 0 saturated carbocycles. The van der Waals surface area contributed by atoms with Gasteiger partial charge < -0.3 is 10.1 Å². The predicted octanol–water partition coefficient (Wildman–Crippen LogP) is 2.55. The maximum Gasteiger partial charge on any atom is 0.306 e. The van der Waals surface area contributed by atoms with E-state index in [2.05, 4.69) is 0 Å². The average Bonchev–Trinajstić information content (AvgIpc) is 2.25. The van der Waals surface area contributed by atoms with Crippen molar-refractivity contribution in [3.63, 3.8) is 0 Å². The monoisotopic (exact) mass is 205 g/mol. The van der Waals surface area contributed by atoms with E-state index in [9.17, 15) is 4.79 Å². The van der Waals surface area contributed by atoms with E-state index in [4.69, 9.17) is 10.1 Å². The molecule has 0 aliphatic carbocycles. The number of esters is 1. The highest BCUT2D eigenvalue weighted by molar-refractivity contribution is 5.82. The first-order valence-corrected chi connectivity index (χ1v) is 4.92. The molecule has 1 rings (SSSR count). The maximum absolute atomic E-state index is 11.2. The lowest BCUT2D eigenvalue weighted by atomic mass is 10.2. The van der Waals surface area contributed by atoms with Crippen LogP contribution >= 0.6 is 0 Å². The average molecular weight is 205 g/mol. The van der Waals surface area contributed by atoms with Crippen molar-refractivity contribution >= 4 is 11.7 Å². The molecule has 1 aromatic rings. The lowest BCUT2D eigenvalue weighted by Gasteiger charge is -2.04. The number of nitrogens with one attached hydrogen (secondary N) is 1. The van der Waals surface area contributed by atoms with Gasteiger partial charge in [-0.1, -0.05) is 30.3 Å². The van der Waals surface area contributed by atoms with Crippen molar-refractivity contribution in [1.29, 1.82) is 5.41 Å². The molecule has 1 N–H and O–H groups in total. The number of carbonyl (C=O) groups is 1. The fourth-order valence-corrected chi connectivity index (χ4v) is 1.10. The molecule has 0 aliphatic heterocycles. The molecule has 3 nitrogen and oxygen atoms in total. The SMILES string of the molecule is CC(=N)CCC(=O)OCc1ccccc1. The second-order valence-electron chi connectivity index (χ2n) is 3.43. The van der Waals surface area contributed by atoms with Gasteiger partial charge in [-0.3, -0.25) is 4.79 Å². The van der Waals surface area contributed by atoms with Gasteiger partial charge in [0.25, 0.3) is 0 Å². The van der Waals surface area contributed by atoms with Gasteiger partial charge in [0.05, 0.1) is 6.42 Å². The highest BCUT2D eigenvalue weighted by Crippen LogP contribution is 2.02. The molecule has 0 heterocycles. The Morgan fingerprint density at radius 2 is 1.93 bits per heavy atom. The molecule has 0 aliphatic rings. The highest BCUT2D eigenvalue weighted by Gasteiger charge is 2.03. The summed E-state index contributed by atoms with van der Waals surface area (Å²) < 4.78 is 5.04. The van der Waals surface area contributed by atoms with E-state index in [1.807, 2.05) is 30.3 Å². The molecule has 3 heteroatoms. The van der Waals surface area contributed by atoms with Crippen molar-refractivity contribution in [2.75, 3.05) is 0 Å². The highest BCUT2D eigenvalue weighted by atomic mass is 16.5. The second kappa shape index (κ2) is 5.96. The van der Waals surface area contributed by atoms with Crippen molar-refractivity contribution in [3.8, 4) is 0 Å². The zero-order valence-corrected chi connectivity index (χ0v) is 8.82. The molecule has 0 unspecified atom stereocenters. The van der Waals surface area contributed by atoms with Gasteiger partial charge in [0, 0.05) is 5.71 Å². The van der Waals surface area contributed by atoms with Crippen LogP contribution in [-0.2, 0) is 16.1 Å². The summed E-state index contributed by atoms with van der Waals surface area (Å²) >= 11 is 0. The topological polar surface area (TPSA) is 50.2 Å². The molecule has 0 amide bonds. The summed E-state index contributed by atoms with van der Waals surface area (Å²) in [6.45, 7) is 2.00. The van der Waals surface area contributed by atoms with Crippen LogP contribution in [0.5, 0.6) is 0 Å². The molecular formula is C12H15NO2. The Morgan fingerprint density at radius 3 is 2.53 bits per heavy atom. The molecule has 0 fully saturated rings. The quantitative estimate of drug-likeness (QED) is 0.593. The van der Waals surface area contributed by atoms with Crippen molar-refractivity contribution < 1.29 is 9.53 Å². The van der Waals surface area contributed by atoms with Crippen LogP contribution in [0.2, 0.25) is 0 Å². The fraction of sp³-hybridized carbons (Fsp3) is 0.333. The molecule has 0 aromatic heterocycles. The molecule has 15 heavy (non-hydrogen) atoms. The molecule has 0 bridgehead atoms. The number of benzene rings is 1. The summed E-state index contributed by atoms with van der Waals surface area (Å²) in [6, 6.07) is 9.56. The minimum Gasteiger partial charge on any atom is -0.461 e. The Hall–Kier alpha value is -1.64. The van der Waals surface area contributed by atoms with Gasteiger partial charge in [-0.2, -0.15) is 0 Å². The Balaban J connectivity index is 2.26. The van der Waals surface area contributed by atoms with Gasteiger partial charge in [0.2, 0.25) is 0 Å². The predicted molar refractivity (Wildman–Crippen MR) is 58.9 cm³/mol. The van der Waals surface area contributed by atoms with E-state index in [0.29, 0.717) is 25.2 Å². The van der Waals surface area contributed by atoms with Crippen molar-refractivity contribution in [3.05, 3.63) is 35.9 Å². The lowest BCUT2D eigenvalue weighted by molar-refractivity contribution is -0.144. The first kappa shape index (κ1) is 11.4. The summed E-state index contributed by atoms with van der Waals surface area (Å²) in [5.74, 6) is -0.245. The summed E-state index contributed by atoms with van der Waals surface area (Å²) in [5.41, 5.74) is 1.49. The van der Waals surface area contributed by atoms with Crippen molar-refractivity contribution in [2.45, 2.75) is 26.4 Å². The van der Waals surface area contributed by atoms with Crippen LogP contribution in [0, 0.1) is 5.41 Å². The van der Waals surface area contributed by atoms with E-state index < -0.39 is 0 Å². The largest absolute Gasteiger partial charge is 0.461 e. The fourth-order valence-electron chi connectivity index (χ4n) is 1.10. The third kappa shape index (κ3) is 4.96. The Kier molecular flexibility index (Phi) is 4.54. The maximum atomic E-state index is 11.2. The van der Waals surface area contributed by atoms with Gasteiger partial charge in [-0.25, -0.2) is 0 Å². The molecule has 0 radical (unpaired) electrons. The molecule has 80 valence electrons. The van der Waals surface area contributed by atoms with E-state index in [1.54, 1.807) is 6.92 Å². The van der Waals surface area contributed by atoms with Crippen LogP contribution in [0.15, 0.2) is 30.3 Å². The van der Waals surface area contributed by atoms with E-state index in [0.717, 1.165) is 5.56 Å². The van der Waals surface area contributed by atoms with Gasteiger partial charge in [-0.15, -0.1) is 0 Å². The lowest BCUT2D eigenvalue weighted by Crippen LogP contribution is -2.06. The summed E-state index contributed by atoms with van der Waals surface area (Å²) in [7, 11) is 0. The van der Waals surface area contributed by atoms with Crippen LogP contribution < -0.4 is 0 Å². The molecule has 0 atom stereocenters. The number of rotatable bonds is 5. The van der Waals surface area contributed by atoms with Crippen LogP contribution in [0.3, 0.4) is 0 Å². The molecule has 0 saturated heterocycles. The number of carbonyl (C=O) groups excluding carboxylic acids is 1. The smallest absolute Gasteiger partial charge is 0.306 e. The first-order valence-electron chi connectivity index (χ1n) is 4.92. The van der Waals surface area contributed by atoms with E-state index in [-0.39, 0.29) is 5.97 Å². The van der Waals surface area contributed by atoms with Crippen LogP contribution in [0.4, 0.5) is 0 Å². The van der Waals surface area contributed by atoms with Gasteiger partial charge in [0.1, 0.15) is 6.61 Å². The number of hydrogen-bond donors (Lipinski definition) is 1. The molecular weight excluding hydrogens is 190 g/mol. The van der Waals surface area contributed by atoms with Gasteiger partial charge in [0.15, 0.2) is 0 Å². The number of hydrogen-bond acceptors (Lipinski definition) is 3. The third-order valence-corrected chi connectivity index (χ3v) is 1.95.